The zero-order valence-corrected chi connectivity index (χ0v) is 30.4. The highest BCUT2D eigenvalue weighted by Gasteiger charge is 2.24. The van der Waals surface area contributed by atoms with Crippen LogP contribution in [-0.4, -0.2) is 0 Å². The molecule has 0 unspecified atom stereocenters. The molecule has 3 aliphatic carbocycles. The van der Waals surface area contributed by atoms with E-state index >= 15 is 0 Å². The molecule has 0 amide bonds. The molecule has 4 aromatic carbocycles. The summed E-state index contributed by atoms with van der Waals surface area (Å²) in [5.74, 6) is 1.05. The van der Waals surface area contributed by atoms with E-state index in [0.717, 1.165) is 18.8 Å². The molecule has 0 saturated heterocycles. The number of hydrogen-bond acceptors (Lipinski definition) is 0. The summed E-state index contributed by atoms with van der Waals surface area (Å²) in [6.07, 6.45) is 14.8. The highest BCUT2D eigenvalue weighted by molar-refractivity contribution is 5.78. The van der Waals surface area contributed by atoms with E-state index in [1.807, 2.05) is 0 Å². The van der Waals surface area contributed by atoms with E-state index in [-0.39, 0.29) is 10.8 Å². The molecule has 46 heavy (non-hydrogen) atoms. The van der Waals surface area contributed by atoms with Crippen LogP contribution in [0.5, 0.6) is 0 Å². The van der Waals surface area contributed by atoms with Crippen molar-refractivity contribution in [2.24, 2.45) is 5.92 Å². The zero-order valence-electron chi connectivity index (χ0n) is 30.4. The summed E-state index contributed by atoms with van der Waals surface area (Å²) in [4.78, 5) is 0. The Kier molecular flexibility index (Phi) is 11.0. The molecule has 244 valence electrons. The van der Waals surface area contributed by atoms with Crippen molar-refractivity contribution in [3.05, 3.63) is 118 Å². The van der Waals surface area contributed by atoms with Crippen molar-refractivity contribution in [3.63, 3.8) is 0 Å². The second-order valence-electron chi connectivity index (χ2n) is 16.4. The number of hydrogen-bond donors (Lipinski definition) is 0. The highest BCUT2D eigenvalue weighted by atomic mass is 14.3. The molecule has 0 aliphatic heterocycles. The van der Waals surface area contributed by atoms with E-state index in [1.54, 1.807) is 0 Å². The van der Waals surface area contributed by atoms with Crippen LogP contribution in [0.1, 0.15) is 146 Å². The van der Waals surface area contributed by atoms with Crippen LogP contribution in [0.25, 0.3) is 22.3 Å². The number of unbranched alkanes of at least 4 members (excludes halogenated alkanes) is 3. The van der Waals surface area contributed by atoms with Crippen molar-refractivity contribution in [1.29, 1.82) is 0 Å². The molecule has 3 aliphatic rings. The van der Waals surface area contributed by atoms with Gasteiger partial charge < -0.3 is 0 Å². The molecule has 0 spiro atoms. The van der Waals surface area contributed by atoms with Gasteiger partial charge in [-0.2, -0.15) is 0 Å². The van der Waals surface area contributed by atoms with E-state index < -0.39 is 0 Å². The minimum Gasteiger partial charge on any atom is -0.0654 e. The summed E-state index contributed by atoms with van der Waals surface area (Å²) >= 11 is 0. The van der Waals surface area contributed by atoms with Gasteiger partial charge in [0.25, 0.3) is 0 Å². The van der Waals surface area contributed by atoms with Crippen LogP contribution in [0, 0.1) is 5.92 Å². The Balaban J connectivity index is 0.000000154. The molecular weight excluding hydrogens is 553 g/mol. The van der Waals surface area contributed by atoms with Crippen molar-refractivity contribution in [1.82, 2.24) is 0 Å². The average molecular weight is 613 g/mol. The number of benzene rings is 4. The van der Waals surface area contributed by atoms with Gasteiger partial charge in [0.05, 0.1) is 0 Å². The van der Waals surface area contributed by atoms with Gasteiger partial charge in [0, 0.05) is 0 Å². The van der Waals surface area contributed by atoms with E-state index in [9.17, 15) is 0 Å². The van der Waals surface area contributed by atoms with E-state index in [1.165, 1.54) is 119 Å². The van der Waals surface area contributed by atoms with Crippen molar-refractivity contribution in [2.75, 3.05) is 0 Å². The van der Waals surface area contributed by atoms with E-state index in [4.69, 9.17) is 0 Å². The molecule has 4 aromatic rings. The lowest BCUT2D eigenvalue weighted by atomic mass is 9.85. The molecule has 0 N–H and O–H groups in total. The summed E-state index contributed by atoms with van der Waals surface area (Å²) in [7, 11) is 0. The van der Waals surface area contributed by atoms with Crippen LogP contribution in [0.15, 0.2) is 78.9 Å². The van der Waals surface area contributed by atoms with E-state index in [0.29, 0.717) is 0 Å². The Labute approximate surface area is 282 Å². The quantitative estimate of drug-likeness (QED) is 0.170. The van der Waals surface area contributed by atoms with Gasteiger partial charge in [0.15, 0.2) is 0 Å². The number of fused-ring (bicyclic) bond motifs is 6. The Morgan fingerprint density at radius 3 is 1.57 bits per heavy atom. The van der Waals surface area contributed by atoms with E-state index in [2.05, 4.69) is 134 Å². The second-order valence-corrected chi connectivity index (χ2v) is 16.4. The Morgan fingerprint density at radius 1 is 0.543 bits per heavy atom. The largest absolute Gasteiger partial charge is 0.0654 e. The summed E-state index contributed by atoms with van der Waals surface area (Å²) in [6.45, 7) is 18.3. The summed E-state index contributed by atoms with van der Waals surface area (Å²) in [6, 6.07) is 29.9. The lowest BCUT2D eigenvalue weighted by molar-refractivity contribution is 0.589. The average Bonchev–Trinajstić information content (AvgIpc) is 3.74. The van der Waals surface area contributed by atoms with Gasteiger partial charge >= 0.3 is 0 Å². The maximum atomic E-state index is 2.43. The van der Waals surface area contributed by atoms with Crippen LogP contribution >= 0.6 is 0 Å². The molecule has 1 fully saturated rings. The Morgan fingerprint density at radius 2 is 1.04 bits per heavy atom. The molecule has 0 atom stereocenters. The minimum absolute atomic E-state index is 0.223. The molecular formula is C46H60. The first kappa shape index (κ1) is 34.2. The lowest BCUT2D eigenvalue weighted by Crippen LogP contribution is -2.11. The number of aryl methyl sites for hydroxylation is 1. The predicted molar refractivity (Wildman–Crippen MR) is 202 cm³/mol. The molecule has 0 bridgehead atoms. The van der Waals surface area contributed by atoms with Gasteiger partial charge in [0.1, 0.15) is 0 Å². The summed E-state index contributed by atoms with van der Waals surface area (Å²) < 4.78 is 0. The SMILES string of the molecule is CC(C)(C)c1ccc2c(c1)Cc1cc(C(C)(C)C)ccc1-2.CC1CCCC1.CCCCCCc1ccc2c(c1)Cc1ccccc1-2. The van der Waals surface area contributed by atoms with Gasteiger partial charge in [-0.1, -0.05) is 179 Å². The van der Waals surface area contributed by atoms with Crippen molar-refractivity contribution >= 4 is 0 Å². The van der Waals surface area contributed by atoms with Crippen LogP contribution in [-0.2, 0) is 30.1 Å². The monoisotopic (exact) mass is 612 g/mol. The Bertz CT molecular complexity index is 1530. The molecule has 0 nitrogen and oxygen atoms in total. The minimum atomic E-state index is 0.223. The fraction of sp³-hybridized carbons (Fsp3) is 0.478. The maximum Gasteiger partial charge on any atom is -0.00132 e. The molecule has 7 rings (SSSR count). The third-order valence-electron chi connectivity index (χ3n) is 10.4. The molecule has 0 heteroatoms. The first-order chi connectivity index (χ1) is 21.9. The first-order valence-electron chi connectivity index (χ1n) is 18.4. The molecule has 0 aromatic heterocycles. The highest BCUT2D eigenvalue weighted by Crippen LogP contribution is 2.41. The van der Waals surface area contributed by atoms with Crippen LogP contribution < -0.4 is 0 Å². The van der Waals surface area contributed by atoms with Gasteiger partial charge in [-0.3, -0.25) is 0 Å². The van der Waals surface area contributed by atoms with Gasteiger partial charge in [-0.25, -0.2) is 0 Å². The van der Waals surface area contributed by atoms with Gasteiger partial charge in [-0.15, -0.1) is 0 Å². The topological polar surface area (TPSA) is 0 Å². The normalized spacial score (nSPS) is 14.8. The predicted octanol–water partition coefficient (Wildman–Crippen LogP) is 13.4. The standard InChI is InChI=1S/C21H26.C19H22.C6H12/c1-20(2,3)16-7-9-18-14(12-16)11-15-13-17(21(4,5)6)8-10-19(15)18;1-2-3-4-5-8-15-11-12-19-17(13-15)14-16-9-6-7-10-18(16)19;1-6-4-2-3-5-6/h7-10,12-13H,11H2,1-6H3;6-7,9-13H,2-5,8,14H2,1H3;6H,2-5H2,1H3. The molecule has 1 saturated carbocycles. The smallest absolute Gasteiger partial charge is 0.00132 e. The van der Waals surface area contributed by atoms with Crippen LogP contribution in [0.3, 0.4) is 0 Å². The van der Waals surface area contributed by atoms with Crippen molar-refractivity contribution < 1.29 is 0 Å². The second kappa shape index (κ2) is 14.8. The van der Waals surface area contributed by atoms with Gasteiger partial charge in [0.2, 0.25) is 0 Å². The van der Waals surface area contributed by atoms with Crippen molar-refractivity contribution in [3.8, 4) is 22.3 Å². The first-order valence-corrected chi connectivity index (χ1v) is 18.4. The van der Waals surface area contributed by atoms with Crippen LogP contribution in [0.2, 0.25) is 0 Å². The van der Waals surface area contributed by atoms with Gasteiger partial charge in [-0.05, 0) is 104 Å². The van der Waals surface area contributed by atoms with Crippen LogP contribution in [0.4, 0.5) is 0 Å². The Hall–Kier alpha value is -3.12. The fourth-order valence-electron chi connectivity index (χ4n) is 7.38. The third kappa shape index (κ3) is 8.42. The van der Waals surface area contributed by atoms with Crippen molar-refractivity contribution in [2.45, 2.75) is 137 Å². The lowest BCUT2D eigenvalue weighted by Gasteiger charge is -2.20. The summed E-state index contributed by atoms with van der Waals surface area (Å²) in [5, 5.41) is 0. The molecule has 0 radical (unpaired) electrons. The third-order valence-corrected chi connectivity index (χ3v) is 10.4. The zero-order chi connectivity index (χ0) is 32.9. The maximum absolute atomic E-state index is 2.43. The fourth-order valence-corrected chi connectivity index (χ4v) is 7.38. The molecule has 0 heterocycles. The number of rotatable bonds is 5. The summed E-state index contributed by atoms with van der Waals surface area (Å²) in [5.41, 5.74) is 16.6.